The largest absolute Gasteiger partial charge is 0.479 e. The van der Waals surface area contributed by atoms with Gasteiger partial charge in [0, 0.05) is 11.3 Å². The van der Waals surface area contributed by atoms with Crippen LogP contribution in [0.4, 0.5) is 40.8 Å². The van der Waals surface area contributed by atoms with Crippen molar-refractivity contribution in [1.29, 1.82) is 0 Å². The zero-order chi connectivity index (χ0) is 23.7. The minimum atomic E-state index is -2.22. The van der Waals surface area contributed by atoms with Gasteiger partial charge in [-0.25, -0.2) is 22.4 Å². The van der Waals surface area contributed by atoms with Gasteiger partial charge in [0.05, 0.1) is 0 Å². The van der Waals surface area contributed by atoms with E-state index in [-0.39, 0.29) is 17.2 Å². The topological polar surface area (TPSA) is 163 Å². The lowest BCUT2D eigenvalue weighted by atomic mass is 10.1. The lowest BCUT2D eigenvalue weighted by molar-refractivity contribution is 0.0683. The average Bonchev–Trinajstić information content (AvgIpc) is 2.70. The number of aromatic nitrogens is 3. The molecule has 6 N–H and O–H groups in total. The number of carboxylic acids is 1. The number of aromatic carboxylic acids is 1. The molecule has 3 rings (SSSR count). The number of anilines is 4. The third-order valence-electron chi connectivity index (χ3n) is 4.11. The molecule has 0 aliphatic rings. The van der Waals surface area contributed by atoms with Crippen LogP contribution in [-0.2, 0) is 0 Å². The highest BCUT2D eigenvalue weighted by atomic mass is 19.2. The van der Waals surface area contributed by atoms with Crippen LogP contribution in [0.15, 0.2) is 18.2 Å². The number of rotatable bonds is 6. The molecule has 1 aromatic heterocycles. The Hall–Kier alpha value is -4.49. The van der Waals surface area contributed by atoms with Crippen LogP contribution in [0.5, 0.6) is 6.01 Å². The Balaban J connectivity index is 2.00. The molecule has 0 atom stereocenters. The smallest absolute Gasteiger partial charge is 0.341 e. The van der Waals surface area contributed by atoms with Gasteiger partial charge < -0.3 is 26.6 Å². The van der Waals surface area contributed by atoms with Crippen molar-refractivity contribution in [3.8, 4) is 6.01 Å². The van der Waals surface area contributed by atoms with E-state index in [1.54, 1.807) is 13.0 Å². The van der Waals surface area contributed by atoms with Gasteiger partial charge in [-0.05, 0) is 24.6 Å². The molecule has 0 fully saturated rings. The van der Waals surface area contributed by atoms with Crippen molar-refractivity contribution < 1.29 is 37.4 Å². The number of hydrogen-bond donors (Lipinski definition) is 5. The summed E-state index contributed by atoms with van der Waals surface area (Å²) in [5.74, 6) is -12.5. The van der Waals surface area contributed by atoms with Crippen LogP contribution in [0.25, 0.3) is 0 Å². The molecular weight excluding hydrogens is 440 g/mol. The number of carbonyl (C=O) groups excluding carboxylic acids is 1. The van der Waals surface area contributed by atoms with E-state index in [9.17, 15) is 32.3 Å². The van der Waals surface area contributed by atoms with E-state index in [0.29, 0.717) is 5.56 Å². The molecule has 0 bridgehead atoms. The predicted octanol–water partition coefficient (Wildman–Crippen LogP) is 2.73. The maximum Gasteiger partial charge on any atom is 0.341 e. The summed E-state index contributed by atoms with van der Waals surface area (Å²) in [4.78, 5) is 32.8. The van der Waals surface area contributed by atoms with Gasteiger partial charge in [-0.1, -0.05) is 6.07 Å². The Morgan fingerprint density at radius 1 is 0.938 bits per heavy atom. The molecule has 1 amide bonds. The third kappa shape index (κ3) is 4.19. The van der Waals surface area contributed by atoms with Crippen LogP contribution in [0.1, 0.15) is 26.3 Å². The van der Waals surface area contributed by atoms with Gasteiger partial charge in [-0.2, -0.15) is 15.0 Å². The third-order valence-corrected chi connectivity index (χ3v) is 4.11. The number of hydrogen-bond acceptors (Lipinski definition) is 8. The molecular formula is C18H12F4N6O4. The first-order valence-electron chi connectivity index (χ1n) is 8.48. The predicted molar refractivity (Wildman–Crippen MR) is 101 cm³/mol. The van der Waals surface area contributed by atoms with E-state index in [1.807, 2.05) is 5.32 Å². The van der Waals surface area contributed by atoms with E-state index < -0.39 is 58.4 Å². The lowest BCUT2D eigenvalue weighted by Crippen LogP contribution is -2.14. The summed E-state index contributed by atoms with van der Waals surface area (Å²) in [6.07, 6.45) is 0. The highest BCUT2D eigenvalue weighted by Gasteiger charge is 2.30. The number of amides is 1. The zero-order valence-electron chi connectivity index (χ0n) is 15.9. The van der Waals surface area contributed by atoms with Gasteiger partial charge in [0.2, 0.25) is 17.8 Å². The molecule has 2 aromatic carbocycles. The van der Waals surface area contributed by atoms with Gasteiger partial charge in [-0.15, -0.1) is 0 Å². The molecule has 32 heavy (non-hydrogen) atoms. The van der Waals surface area contributed by atoms with E-state index >= 15 is 0 Å². The Morgan fingerprint density at radius 2 is 1.50 bits per heavy atom. The first-order valence-corrected chi connectivity index (χ1v) is 8.48. The summed E-state index contributed by atoms with van der Waals surface area (Å²) in [5.41, 5.74) is 2.95. The Labute approximate surface area is 175 Å². The Bertz CT molecular complexity index is 1240. The standard InChI is InChI=1S/C18H12F4N6O4/c1-5-2-3-6(14(23)29)4-7(5)24-16-26-17(28-18(32)27-16)25-13-11(21)9(19)8(15(30)31)10(20)12(13)22/h2-4H,1H3,(H2,23,29)(H,30,31)(H3,24,25,26,27,28,32). The van der Waals surface area contributed by atoms with Crippen molar-refractivity contribution in [2.24, 2.45) is 5.73 Å². The highest BCUT2D eigenvalue weighted by Crippen LogP contribution is 2.30. The number of nitrogens with zero attached hydrogens (tertiary/aromatic N) is 3. The van der Waals surface area contributed by atoms with Crippen LogP contribution in [-0.4, -0.2) is 37.0 Å². The van der Waals surface area contributed by atoms with Crippen molar-refractivity contribution in [3.63, 3.8) is 0 Å². The summed E-state index contributed by atoms with van der Waals surface area (Å²) in [6.45, 7) is 1.65. The number of nitrogens with one attached hydrogen (secondary N) is 2. The summed E-state index contributed by atoms with van der Waals surface area (Å²) in [5, 5.41) is 22.9. The van der Waals surface area contributed by atoms with Crippen molar-refractivity contribution in [2.45, 2.75) is 6.92 Å². The fourth-order valence-electron chi connectivity index (χ4n) is 2.55. The van der Waals surface area contributed by atoms with E-state index in [4.69, 9.17) is 10.8 Å². The molecule has 0 saturated carbocycles. The summed E-state index contributed by atoms with van der Waals surface area (Å²) in [6, 6.07) is 3.40. The molecule has 14 heteroatoms. The van der Waals surface area contributed by atoms with Crippen LogP contribution in [0.3, 0.4) is 0 Å². The molecule has 0 spiro atoms. The second-order valence-corrected chi connectivity index (χ2v) is 6.24. The highest BCUT2D eigenvalue weighted by molar-refractivity contribution is 5.94. The van der Waals surface area contributed by atoms with E-state index in [1.165, 1.54) is 12.1 Å². The molecule has 0 unspecified atom stereocenters. The maximum atomic E-state index is 14.2. The van der Waals surface area contributed by atoms with Gasteiger partial charge in [0.1, 0.15) is 11.3 Å². The van der Waals surface area contributed by atoms with Crippen molar-refractivity contribution in [2.75, 3.05) is 10.6 Å². The molecule has 3 aromatic rings. The van der Waals surface area contributed by atoms with Crippen LogP contribution >= 0.6 is 0 Å². The fraction of sp³-hybridized carbons (Fsp3) is 0.0556. The molecule has 0 aliphatic heterocycles. The van der Waals surface area contributed by atoms with Crippen LogP contribution < -0.4 is 16.4 Å². The molecule has 0 aliphatic carbocycles. The minimum absolute atomic E-state index is 0.128. The first-order chi connectivity index (χ1) is 15.0. The normalized spacial score (nSPS) is 10.7. The van der Waals surface area contributed by atoms with Crippen LogP contribution in [0, 0.1) is 30.2 Å². The van der Waals surface area contributed by atoms with Gasteiger partial charge >= 0.3 is 12.0 Å². The molecule has 10 nitrogen and oxygen atoms in total. The van der Waals surface area contributed by atoms with E-state index in [2.05, 4.69) is 20.3 Å². The SMILES string of the molecule is Cc1ccc(C(N)=O)cc1Nc1nc(O)nc(Nc2c(F)c(F)c(C(=O)O)c(F)c2F)n1. The maximum absolute atomic E-state index is 14.2. The number of halogens is 4. The van der Waals surface area contributed by atoms with Crippen LogP contribution in [0.2, 0.25) is 0 Å². The molecule has 1 heterocycles. The van der Waals surface area contributed by atoms with E-state index in [0.717, 1.165) is 0 Å². The molecule has 0 radical (unpaired) electrons. The number of aromatic hydroxyl groups is 1. The second-order valence-electron chi connectivity index (χ2n) is 6.24. The molecule has 166 valence electrons. The zero-order valence-corrected chi connectivity index (χ0v) is 15.9. The number of aryl methyl sites for hydroxylation is 1. The van der Waals surface area contributed by atoms with Gasteiger partial charge in [-0.3, -0.25) is 4.79 Å². The quantitative estimate of drug-likeness (QED) is 0.279. The summed E-state index contributed by atoms with van der Waals surface area (Å²) in [7, 11) is 0. The lowest BCUT2D eigenvalue weighted by Gasteiger charge is -2.13. The average molecular weight is 452 g/mol. The monoisotopic (exact) mass is 452 g/mol. The Morgan fingerprint density at radius 3 is 2.03 bits per heavy atom. The molecule has 0 saturated heterocycles. The summed E-state index contributed by atoms with van der Waals surface area (Å²) < 4.78 is 56.1. The minimum Gasteiger partial charge on any atom is -0.479 e. The Kier molecular flexibility index (Phi) is 5.78. The second kappa shape index (κ2) is 8.33. The first kappa shape index (κ1) is 22.2. The van der Waals surface area contributed by atoms with Gasteiger partial charge in [0.15, 0.2) is 23.3 Å². The van der Waals surface area contributed by atoms with Crippen molar-refractivity contribution in [3.05, 3.63) is 58.2 Å². The number of primary amides is 1. The van der Waals surface area contributed by atoms with Crippen molar-refractivity contribution >= 4 is 35.1 Å². The number of benzene rings is 2. The van der Waals surface area contributed by atoms with Gasteiger partial charge in [0.25, 0.3) is 0 Å². The van der Waals surface area contributed by atoms with Crippen molar-refractivity contribution in [1.82, 2.24) is 15.0 Å². The number of nitrogens with two attached hydrogens (primary N) is 1. The summed E-state index contributed by atoms with van der Waals surface area (Å²) >= 11 is 0. The number of carbonyl (C=O) groups is 2. The fourth-order valence-corrected chi connectivity index (χ4v) is 2.55. The number of carboxylic acid groups (broad SMARTS) is 1.